The van der Waals surface area contributed by atoms with E-state index in [2.05, 4.69) is 6.07 Å². The minimum atomic E-state index is -0.517. The van der Waals surface area contributed by atoms with E-state index in [9.17, 15) is 9.65 Å². The molecule has 0 aliphatic heterocycles. The second-order valence-corrected chi connectivity index (χ2v) is 4.52. The van der Waals surface area contributed by atoms with Gasteiger partial charge in [-0.25, -0.2) is 4.39 Å². The lowest BCUT2D eigenvalue weighted by atomic mass is 9.97. The van der Waals surface area contributed by atoms with Crippen molar-refractivity contribution in [1.29, 1.82) is 5.26 Å². The molecule has 2 aromatic carbocycles. The summed E-state index contributed by atoms with van der Waals surface area (Å²) in [7, 11) is 1.59. The number of hydrogen-bond acceptors (Lipinski definition) is 3. The van der Waals surface area contributed by atoms with Gasteiger partial charge in [0.1, 0.15) is 17.3 Å². The second-order valence-electron chi connectivity index (χ2n) is 4.52. The molecule has 0 fully saturated rings. The summed E-state index contributed by atoms with van der Waals surface area (Å²) in [5.41, 5.74) is 0.411. The molecule has 0 aromatic heterocycles. The summed E-state index contributed by atoms with van der Waals surface area (Å²) in [6.45, 7) is 0.333. The summed E-state index contributed by atoms with van der Waals surface area (Å²) in [6.07, 6.45) is 0.425. The highest BCUT2D eigenvalue weighted by Crippen LogP contribution is 2.23. The topological polar surface area (TPSA) is 42.2 Å². The van der Waals surface area contributed by atoms with E-state index in [0.717, 1.165) is 0 Å². The third-order valence-corrected chi connectivity index (χ3v) is 3.15. The van der Waals surface area contributed by atoms with E-state index < -0.39 is 5.92 Å². The van der Waals surface area contributed by atoms with Gasteiger partial charge in [-0.3, -0.25) is 0 Å². The first-order valence-electron chi connectivity index (χ1n) is 6.65. The number of nitriles is 1. The zero-order chi connectivity index (χ0) is 15.1. The lowest BCUT2D eigenvalue weighted by molar-refractivity contribution is 0.302. The van der Waals surface area contributed by atoms with Gasteiger partial charge in [0, 0.05) is 18.1 Å². The summed E-state index contributed by atoms with van der Waals surface area (Å²) < 4.78 is 24.4. The molecule has 108 valence electrons. The Morgan fingerprint density at radius 1 is 1.14 bits per heavy atom. The van der Waals surface area contributed by atoms with E-state index in [1.54, 1.807) is 31.4 Å². The van der Waals surface area contributed by atoms with E-state index in [0.29, 0.717) is 30.1 Å². The minimum Gasteiger partial charge on any atom is -0.497 e. The van der Waals surface area contributed by atoms with E-state index in [-0.39, 0.29) is 5.82 Å². The van der Waals surface area contributed by atoms with Gasteiger partial charge in [0.05, 0.1) is 25.7 Å². The number of rotatable bonds is 6. The molecule has 1 atom stereocenters. The first-order valence-corrected chi connectivity index (χ1v) is 6.65. The van der Waals surface area contributed by atoms with Crippen molar-refractivity contribution < 1.29 is 13.9 Å². The van der Waals surface area contributed by atoms with Gasteiger partial charge < -0.3 is 9.47 Å². The van der Waals surface area contributed by atoms with Crippen molar-refractivity contribution in [3.8, 4) is 17.6 Å². The van der Waals surface area contributed by atoms with Gasteiger partial charge in [-0.05, 0) is 18.2 Å². The Bertz CT molecular complexity index is 637. The van der Waals surface area contributed by atoms with Crippen LogP contribution in [0.1, 0.15) is 17.9 Å². The summed E-state index contributed by atoms with van der Waals surface area (Å²) in [5, 5.41) is 9.19. The van der Waals surface area contributed by atoms with Gasteiger partial charge in [0.25, 0.3) is 0 Å². The fraction of sp³-hybridized carbons (Fsp3) is 0.235. The van der Waals surface area contributed by atoms with Crippen LogP contribution < -0.4 is 9.47 Å². The molecule has 1 unspecified atom stereocenters. The van der Waals surface area contributed by atoms with Gasteiger partial charge in [0.15, 0.2) is 0 Å². The van der Waals surface area contributed by atoms with Crippen LogP contribution in [-0.4, -0.2) is 13.7 Å². The molecule has 0 aliphatic rings. The van der Waals surface area contributed by atoms with Gasteiger partial charge in [-0.2, -0.15) is 5.26 Å². The molecule has 0 amide bonds. The van der Waals surface area contributed by atoms with Gasteiger partial charge in [0.2, 0.25) is 0 Å². The van der Waals surface area contributed by atoms with Crippen LogP contribution in [0.4, 0.5) is 4.39 Å². The van der Waals surface area contributed by atoms with Crippen LogP contribution in [0.5, 0.6) is 11.5 Å². The largest absolute Gasteiger partial charge is 0.497 e. The summed E-state index contributed by atoms with van der Waals surface area (Å²) in [6, 6.07) is 15.7. The van der Waals surface area contributed by atoms with Gasteiger partial charge >= 0.3 is 0 Å². The number of nitrogens with zero attached hydrogens (tertiary/aromatic N) is 1. The van der Waals surface area contributed by atoms with Crippen LogP contribution in [0.25, 0.3) is 0 Å². The molecule has 0 aliphatic carbocycles. The Kier molecular flexibility index (Phi) is 5.16. The molecule has 0 N–H and O–H groups in total. The Balaban J connectivity index is 1.95. The lowest BCUT2D eigenvalue weighted by Crippen LogP contribution is -2.06. The molecule has 4 heteroatoms. The summed E-state index contributed by atoms with van der Waals surface area (Å²) in [5.74, 6) is 0.500. The quantitative estimate of drug-likeness (QED) is 0.808. The standard InChI is InChI=1S/C17H16FNO2/c1-20-14-5-4-6-15(11-14)21-10-9-13(12-19)16-7-2-3-8-17(16)18/h2-8,11,13H,9-10H2,1H3. The fourth-order valence-electron chi connectivity index (χ4n) is 2.03. The highest BCUT2D eigenvalue weighted by atomic mass is 19.1. The highest BCUT2D eigenvalue weighted by molar-refractivity contribution is 5.33. The maximum atomic E-state index is 13.7. The molecule has 21 heavy (non-hydrogen) atoms. The van der Waals surface area contributed by atoms with Crippen LogP contribution in [0, 0.1) is 17.1 Å². The minimum absolute atomic E-state index is 0.333. The van der Waals surface area contributed by atoms with E-state index in [4.69, 9.17) is 9.47 Å². The molecular formula is C17H16FNO2. The molecule has 0 heterocycles. The second kappa shape index (κ2) is 7.30. The SMILES string of the molecule is COc1cccc(OCCC(C#N)c2ccccc2F)c1. The predicted molar refractivity (Wildman–Crippen MR) is 77.9 cm³/mol. The van der Waals surface area contributed by atoms with E-state index >= 15 is 0 Å². The van der Waals surface area contributed by atoms with Crippen molar-refractivity contribution in [2.45, 2.75) is 12.3 Å². The van der Waals surface area contributed by atoms with Crippen LogP contribution in [0.3, 0.4) is 0 Å². The monoisotopic (exact) mass is 285 g/mol. The lowest BCUT2D eigenvalue weighted by Gasteiger charge is -2.12. The molecule has 2 aromatic rings. The molecule has 0 bridgehead atoms. The Hall–Kier alpha value is -2.54. The normalized spacial score (nSPS) is 11.5. The first-order chi connectivity index (χ1) is 10.2. The number of ether oxygens (including phenoxy) is 2. The summed E-state index contributed by atoms with van der Waals surface area (Å²) >= 11 is 0. The number of hydrogen-bond donors (Lipinski definition) is 0. The molecule has 0 spiro atoms. The molecule has 2 rings (SSSR count). The zero-order valence-electron chi connectivity index (χ0n) is 11.8. The smallest absolute Gasteiger partial charge is 0.127 e. The maximum absolute atomic E-state index is 13.7. The predicted octanol–water partition coefficient (Wildman–Crippen LogP) is 3.91. The van der Waals surface area contributed by atoms with Crippen molar-refractivity contribution >= 4 is 0 Å². The summed E-state index contributed by atoms with van der Waals surface area (Å²) in [4.78, 5) is 0. The molecule has 0 saturated heterocycles. The van der Waals surface area contributed by atoms with Gasteiger partial charge in [-0.15, -0.1) is 0 Å². The fourth-order valence-corrected chi connectivity index (χ4v) is 2.03. The van der Waals surface area contributed by atoms with Crippen molar-refractivity contribution in [3.63, 3.8) is 0 Å². The third kappa shape index (κ3) is 3.96. The van der Waals surface area contributed by atoms with E-state index in [1.165, 1.54) is 6.07 Å². The first kappa shape index (κ1) is 14.9. The van der Waals surface area contributed by atoms with Crippen LogP contribution in [0.15, 0.2) is 48.5 Å². The van der Waals surface area contributed by atoms with Crippen molar-refractivity contribution in [1.82, 2.24) is 0 Å². The third-order valence-electron chi connectivity index (χ3n) is 3.15. The van der Waals surface area contributed by atoms with Crippen molar-refractivity contribution in [3.05, 3.63) is 59.9 Å². The zero-order valence-corrected chi connectivity index (χ0v) is 11.8. The van der Waals surface area contributed by atoms with Crippen molar-refractivity contribution in [2.24, 2.45) is 0 Å². The molecule has 0 radical (unpaired) electrons. The van der Waals surface area contributed by atoms with Gasteiger partial charge in [-0.1, -0.05) is 24.3 Å². The molecule has 3 nitrogen and oxygen atoms in total. The van der Waals surface area contributed by atoms with E-state index in [1.807, 2.05) is 18.2 Å². The average molecular weight is 285 g/mol. The maximum Gasteiger partial charge on any atom is 0.127 e. The average Bonchev–Trinajstić information content (AvgIpc) is 2.53. The number of benzene rings is 2. The molecular weight excluding hydrogens is 269 g/mol. The van der Waals surface area contributed by atoms with Crippen LogP contribution >= 0.6 is 0 Å². The van der Waals surface area contributed by atoms with Crippen molar-refractivity contribution in [2.75, 3.05) is 13.7 Å². The highest BCUT2D eigenvalue weighted by Gasteiger charge is 2.14. The van der Waals surface area contributed by atoms with Crippen LogP contribution in [-0.2, 0) is 0 Å². The number of halogens is 1. The van der Waals surface area contributed by atoms with Crippen LogP contribution in [0.2, 0.25) is 0 Å². The Morgan fingerprint density at radius 3 is 2.62 bits per heavy atom. The molecule has 0 saturated carbocycles. The number of methoxy groups -OCH3 is 1. The Morgan fingerprint density at radius 2 is 1.90 bits per heavy atom. The Labute approximate surface area is 123 Å².